The summed E-state index contributed by atoms with van der Waals surface area (Å²) in [6.45, 7) is 4.19. The molecule has 0 aliphatic carbocycles. The monoisotopic (exact) mass is 253 g/mol. The van der Waals surface area contributed by atoms with Crippen molar-refractivity contribution in [1.29, 1.82) is 0 Å². The highest BCUT2D eigenvalue weighted by atomic mass is 16.2. The first-order chi connectivity index (χ1) is 8.52. The Morgan fingerprint density at radius 1 is 1.50 bits per heavy atom. The quantitative estimate of drug-likeness (QED) is 0.460. The molecule has 7 heteroatoms. The minimum absolute atomic E-state index is 0.0839. The molecule has 0 saturated carbocycles. The first-order valence-corrected chi connectivity index (χ1v) is 6.09. The van der Waals surface area contributed by atoms with Gasteiger partial charge in [0.25, 0.3) is 0 Å². The number of amides is 2. The average Bonchev–Trinajstić information content (AvgIpc) is 2.82. The molecule has 0 aromatic carbocycles. The van der Waals surface area contributed by atoms with Crippen molar-refractivity contribution in [2.24, 2.45) is 11.0 Å². The van der Waals surface area contributed by atoms with Gasteiger partial charge in [-0.3, -0.25) is 9.59 Å². The van der Waals surface area contributed by atoms with E-state index in [4.69, 9.17) is 5.53 Å². The number of rotatable bonds is 4. The predicted octanol–water partition coefficient (Wildman–Crippen LogP) is 1.06. The summed E-state index contributed by atoms with van der Waals surface area (Å²) in [5, 5.41) is 6.10. The SMILES string of the molecule is CNC(=O)[C@@H]1CCCN1C(=O)[C@@H](N=[N+]=[N-])C(C)C. The van der Waals surface area contributed by atoms with E-state index in [1.54, 1.807) is 7.05 Å². The molecule has 0 aromatic rings. The van der Waals surface area contributed by atoms with Crippen LogP contribution in [0, 0.1) is 5.92 Å². The second-order valence-electron chi connectivity index (χ2n) is 4.70. The summed E-state index contributed by atoms with van der Waals surface area (Å²) in [6.07, 6.45) is 1.46. The summed E-state index contributed by atoms with van der Waals surface area (Å²) in [6, 6.07) is -1.17. The van der Waals surface area contributed by atoms with Crippen LogP contribution in [0.15, 0.2) is 5.11 Å². The standard InChI is InChI=1S/C11H19N5O2/c1-7(2)9(14-15-12)11(18)16-6-4-5-8(16)10(17)13-3/h7-9H,4-6H2,1-3H3,(H,13,17)/t8-,9-/m0/s1. The molecule has 7 nitrogen and oxygen atoms in total. The highest BCUT2D eigenvalue weighted by Gasteiger charge is 2.37. The number of azide groups is 1. The van der Waals surface area contributed by atoms with E-state index in [1.807, 2.05) is 13.8 Å². The predicted molar refractivity (Wildman–Crippen MR) is 66.6 cm³/mol. The molecular formula is C11H19N5O2. The molecule has 18 heavy (non-hydrogen) atoms. The molecule has 1 aliphatic heterocycles. The lowest BCUT2D eigenvalue weighted by Crippen LogP contribution is -2.49. The molecule has 0 bridgehead atoms. The van der Waals surface area contributed by atoms with Crippen LogP contribution >= 0.6 is 0 Å². The van der Waals surface area contributed by atoms with E-state index in [1.165, 1.54) is 4.90 Å². The summed E-state index contributed by atoms with van der Waals surface area (Å²) in [5.41, 5.74) is 8.51. The molecule has 1 heterocycles. The molecule has 0 radical (unpaired) electrons. The van der Waals surface area contributed by atoms with Crippen molar-refractivity contribution >= 4 is 11.8 Å². The van der Waals surface area contributed by atoms with Gasteiger partial charge in [-0.1, -0.05) is 19.0 Å². The molecule has 1 aliphatic rings. The second kappa shape index (κ2) is 6.26. The van der Waals surface area contributed by atoms with Crippen LogP contribution in [0.1, 0.15) is 26.7 Å². The Hall–Kier alpha value is -1.75. The van der Waals surface area contributed by atoms with Gasteiger partial charge in [0.2, 0.25) is 11.8 Å². The summed E-state index contributed by atoms with van der Waals surface area (Å²) in [7, 11) is 1.55. The van der Waals surface area contributed by atoms with Crippen molar-refractivity contribution in [3.05, 3.63) is 10.4 Å². The zero-order valence-corrected chi connectivity index (χ0v) is 11.0. The minimum atomic E-state index is -0.736. The molecule has 2 amide bonds. The van der Waals surface area contributed by atoms with Crippen LogP contribution < -0.4 is 5.32 Å². The highest BCUT2D eigenvalue weighted by molar-refractivity contribution is 5.90. The van der Waals surface area contributed by atoms with E-state index >= 15 is 0 Å². The largest absolute Gasteiger partial charge is 0.357 e. The lowest BCUT2D eigenvalue weighted by Gasteiger charge is -2.27. The smallest absolute Gasteiger partial charge is 0.242 e. The van der Waals surface area contributed by atoms with Crippen LogP contribution in [0.4, 0.5) is 0 Å². The Morgan fingerprint density at radius 3 is 2.67 bits per heavy atom. The molecule has 1 rings (SSSR count). The van der Waals surface area contributed by atoms with Crippen LogP contribution in [0.2, 0.25) is 0 Å². The lowest BCUT2D eigenvalue weighted by atomic mass is 10.0. The Bertz CT molecular complexity index is 376. The van der Waals surface area contributed by atoms with Gasteiger partial charge in [0, 0.05) is 18.5 Å². The van der Waals surface area contributed by atoms with Gasteiger partial charge in [0.05, 0.1) is 0 Å². The van der Waals surface area contributed by atoms with Crippen LogP contribution in [0.5, 0.6) is 0 Å². The van der Waals surface area contributed by atoms with Crippen LogP contribution in [-0.2, 0) is 9.59 Å². The minimum Gasteiger partial charge on any atom is -0.357 e. The fourth-order valence-corrected chi connectivity index (χ4v) is 2.16. The third-order valence-corrected chi connectivity index (χ3v) is 3.15. The van der Waals surface area contributed by atoms with Crippen LogP contribution in [-0.4, -0.2) is 42.4 Å². The first-order valence-electron chi connectivity index (χ1n) is 6.09. The van der Waals surface area contributed by atoms with E-state index in [0.717, 1.165) is 6.42 Å². The van der Waals surface area contributed by atoms with Gasteiger partial charge < -0.3 is 10.2 Å². The summed E-state index contributed by atoms with van der Waals surface area (Å²) >= 11 is 0. The Kier molecular flexibility index (Phi) is 4.97. The maximum atomic E-state index is 12.3. The number of nitrogens with one attached hydrogen (secondary N) is 1. The topological polar surface area (TPSA) is 98.2 Å². The van der Waals surface area contributed by atoms with Crippen LogP contribution in [0.3, 0.4) is 0 Å². The zero-order chi connectivity index (χ0) is 13.7. The van der Waals surface area contributed by atoms with E-state index in [-0.39, 0.29) is 17.7 Å². The van der Waals surface area contributed by atoms with Crippen molar-refractivity contribution in [1.82, 2.24) is 10.2 Å². The maximum Gasteiger partial charge on any atom is 0.242 e. The van der Waals surface area contributed by atoms with E-state index in [0.29, 0.717) is 13.0 Å². The van der Waals surface area contributed by atoms with Gasteiger partial charge in [-0.2, -0.15) is 0 Å². The number of hydrogen-bond acceptors (Lipinski definition) is 3. The van der Waals surface area contributed by atoms with Crippen molar-refractivity contribution in [3.63, 3.8) is 0 Å². The third-order valence-electron chi connectivity index (χ3n) is 3.15. The number of carbonyl (C=O) groups is 2. The van der Waals surface area contributed by atoms with Crippen molar-refractivity contribution in [2.75, 3.05) is 13.6 Å². The van der Waals surface area contributed by atoms with Crippen molar-refractivity contribution in [2.45, 2.75) is 38.8 Å². The first kappa shape index (κ1) is 14.3. The van der Waals surface area contributed by atoms with Gasteiger partial charge >= 0.3 is 0 Å². The van der Waals surface area contributed by atoms with Gasteiger partial charge in [-0.05, 0) is 24.3 Å². The van der Waals surface area contributed by atoms with Crippen molar-refractivity contribution < 1.29 is 9.59 Å². The summed E-state index contributed by atoms with van der Waals surface area (Å²) < 4.78 is 0. The van der Waals surface area contributed by atoms with Crippen LogP contribution in [0.25, 0.3) is 10.4 Å². The number of carbonyl (C=O) groups excluding carboxylic acids is 2. The van der Waals surface area contributed by atoms with Gasteiger partial charge in [-0.15, -0.1) is 0 Å². The molecule has 2 atom stereocenters. The van der Waals surface area contributed by atoms with Gasteiger partial charge in [0.1, 0.15) is 12.1 Å². The molecule has 0 aromatic heterocycles. The van der Waals surface area contributed by atoms with Gasteiger partial charge in [0.15, 0.2) is 0 Å². The second-order valence-corrected chi connectivity index (χ2v) is 4.70. The fraction of sp³-hybridized carbons (Fsp3) is 0.818. The molecule has 0 spiro atoms. The Balaban J connectivity index is 2.87. The maximum absolute atomic E-state index is 12.3. The number of nitrogens with zero attached hydrogens (tertiary/aromatic N) is 4. The van der Waals surface area contributed by atoms with Gasteiger partial charge in [-0.25, -0.2) is 0 Å². The zero-order valence-electron chi connectivity index (χ0n) is 11.0. The Morgan fingerprint density at radius 2 is 2.17 bits per heavy atom. The number of likely N-dealkylation sites (N-methyl/N-ethyl adjacent to an activating group) is 1. The molecular weight excluding hydrogens is 234 g/mol. The molecule has 1 fully saturated rings. The third kappa shape index (κ3) is 2.92. The fourth-order valence-electron chi connectivity index (χ4n) is 2.16. The Labute approximate surface area is 106 Å². The van der Waals surface area contributed by atoms with E-state index < -0.39 is 12.1 Å². The number of likely N-dealkylation sites (tertiary alicyclic amines) is 1. The average molecular weight is 253 g/mol. The van der Waals surface area contributed by atoms with E-state index in [2.05, 4.69) is 15.3 Å². The summed E-state index contributed by atoms with van der Waals surface area (Å²) in [5.74, 6) is -0.502. The molecule has 1 saturated heterocycles. The van der Waals surface area contributed by atoms with Crippen molar-refractivity contribution in [3.8, 4) is 0 Å². The normalized spacial score (nSPS) is 20.4. The number of hydrogen-bond donors (Lipinski definition) is 1. The molecule has 1 N–H and O–H groups in total. The summed E-state index contributed by atoms with van der Waals surface area (Å²) in [4.78, 5) is 28.2. The van der Waals surface area contributed by atoms with E-state index in [9.17, 15) is 9.59 Å². The highest BCUT2D eigenvalue weighted by Crippen LogP contribution is 2.21. The molecule has 0 unspecified atom stereocenters. The lowest BCUT2D eigenvalue weighted by molar-refractivity contribution is -0.139. The molecule has 100 valence electrons.